The number of urea groups is 1. The van der Waals surface area contributed by atoms with Gasteiger partial charge in [0, 0.05) is 13.6 Å². The Morgan fingerprint density at radius 1 is 1.43 bits per heavy atom. The van der Waals surface area contributed by atoms with Crippen LogP contribution in [0.25, 0.3) is 0 Å². The Balaban J connectivity index is 2.32. The zero-order chi connectivity index (χ0) is 10.1. The highest BCUT2D eigenvalue weighted by molar-refractivity contribution is 5.77. The number of benzene rings is 1. The molecule has 1 aliphatic rings. The van der Waals surface area contributed by atoms with Crippen LogP contribution in [0.3, 0.4) is 0 Å². The fourth-order valence-electron chi connectivity index (χ4n) is 1.87. The third-order valence-electron chi connectivity index (χ3n) is 2.78. The molecule has 14 heavy (non-hydrogen) atoms. The van der Waals surface area contributed by atoms with E-state index in [0.29, 0.717) is 6.54 Å². The van der Waals surface area contributed by atoms with Gasteiger partial charge < -0.3 is 10.2 Å². The van der Waals surface area contributed by atoms with Crippen LogP contribution >= 0.6 is 0 Å². The Hall–Kier alpha value is -1.51. The first-order chi connectivity index (χ1) is 6.70. The van der Waals surface area contributed by atoms with Gasteiger partial charge in [-0.1, -0.05) is 24.3 Å². The topological polar surface area (TPSA) is 32.3 Å². The van der Waals surface area contributed by atoms with Crippen molar-refractivity contribution in [2.75, 3.05) is 13.6 Å². The van der Waals surface area contributed by atoms with Gasteiger partial charge in [0.05, 0.1) is 6.04 Å². The van der Waals surface area contributed by atoms with Crippen molar-refractivity contribution in [3.05, 3.63) is 35.4 Å². The Labute approximate surface area is 83.7 Å². The van der Waals surface area contributed by atoms with Crippen LogP contribution < -0.4 is 5.32 Å². The van der Waals surface area contributed by atoms with Crippen molar-refractivity contribution < 1.29 is 4.79 Å². The van der Waals surface area contributed by atoms with Crippen molar-refractivity contribution in [2.24, 2.45) is 0 Å². The molecule has 0 radical (unpaired) electrons. The van der Waals surface area contributed by atoms with E-state index in [0.717, 1.165) is 0 Å². The highest BCUT2D eigenvalue weighted by Gasteiger charge is 2.28. The molecular weight excluding hydrogens is 176 g/mol. The highest BCUT2D eigenvalue weighted by atomic mass is 16.2. The molecule has 1 N–H and O–H groups in total. The molecule has 1 unspecified atom stereocenters. The quantitative estimate of drug-likeness (QED) is 0.718. The van der Waals surface area contributed by atoms with Crippen molar-refractivity contribution in [1.82, 2.24) is 10.2 Å². The Morgan fingerprint density at radius 2 is 2.14 bits per heavy atom. The smallest absolute Gasteiger partial charge is 0.317 e. The second-order valence-electron chi connectivity index (χ2n) is 3.67. The molecule has 1 saturated heterocycles. The lowest BCUT2D eigenvalue weighted by molar-refractivity contribution is 0.216. The largest absolute Gasteiger partial charge is 0.336 e. The van der Waals surface area contributed by atoms with Crippen LogP contribution in [0.5, 0.6) is 0 Å². The summed E-state index contributed by atoms with van der Waals surface area (Å²) in [5.41, 5.74) is 2.47. The van der Waals surface area contributed by atoms with Crippen LogP contribution in [0.1, 0.15) is 17.2 Å². The van der Waals surface area contributed by atoms with Gasteiger partial charge in [-0.15, -0.1) is 0 Å². The molecule has 1 fully saturated rings. The summed E-state index contributed by atoms with van der Waals surface area (Å²) in [6, 6.07) is 8.38. The number of rotatable bonds is 1. The number of carbonyl (C=O) groups excluding carboxylic acids is 1. The summed E-state index contributed by atoms with van der Waals surface area (Å²) < 4.78 is 0. The number of hydrogen-bond donors (Lipinski definition) is 1. The molecule has 74 valence electrons. The van der Waals surface area contributed by atoms with E-state index in [9.17, 15) is 4.79 Å². The maximum Gasteiger partial charge on any atom is 0.317 e. The standard InChI is InChI=1S/C11H14N2O/c1-8-5-3-4-6-9(8)10-7-12-11(14)13(10)2/h3-6,10H,7H2,1-2H3,(H,12,14). The number of aryl methyl sites for hydroxylation is 1. The van der Waals surface area contributed by atoms with Crippen molar-refractivity contribution in [1.29, 1.82) is 0 Å². The molecule has 3 nitrogen and oxygen atoms in total. The second kappa shape index (κ2) is 3.33. The molecule has 0 saturated carbocycles. The summed E-state index contributed by atoms with van der Waals surface area (Å²) >= 11 is 0. The molecule has 1 aliphatic heterocycles. The van der Waals surface area contributed by atoms with Crippen LogP contribution in [0.2, 0.25) is 0 Å². The van der Waals surface area contributed by atoms with Gasteiger partial charge in [0.1, 0.15) is 0 Å². The molecule has 3 heteroatoms. The third kappa shape index (κ3) is 1.35. The van der Waals surface area contributed by atoms with E-state index in [1.165, 1.54) is 11.1 Å². The van der Waals surface area contributed by atoms with Crippen molar-refractivity contribution in [3.8, 4) is 0 Å². The number of likely N-dealkylation sites (N-methyl/N-ethyl adjacent to an activating group) is 1. The van der Waals surface area contributed by atoms with Crippen molar-refractivity contribution in [3.63, 3.8) is 0 Å². The minimum absolute atomic E-state index is 0.0123. The lowest BCUT2D eigenvalue weighted by Crippen LogP contribution is -2.25. The maximum atomic E-state index is 11.3. The van der Waals surface area contributed by atoms with Gasteiger partial charge >= 0.3 is 6.03 Å². The van der Waals surface area contributed by atoms with E-state index in [4.69, 9.17) is 0 Å². The predicted octanol–water partition coefficient (Wildman–Crippen LogP) is 1.69. The molecule has 0 bridgehead atoms. The monoisotopic (exact) mass is 190 g/mol. The number of nitrogens with one attached hydrogen (secondary N) is 1. The van der Waals surface area contributed by atoms with E-state index in [2.05, 4.69) is 24.4 Å². The van der Waals surface area contributed by atoms with Gasteiger partial charge in [-0.25, -0.2) is 4.79 Å². The molecule has 0 spiro atoms. The zero-order valence-corrected chi connectivity index (χ0v) is 8.45. The predicted molar refractivity (Wildman–Crippen MR) is 55.1 cm³/mol. The van der Waals surface area contributed by atoms with Gasteiger partial charge in [-0.3, -0.25) is 0 Å². The maximum absolute atomic E-state index is 11.3. The summed E-state index contributed by atoms with van der Waals surface area (Å²) in [4.78, 5) is 13.0. The van der Waals surface area contributed by atoms with Gasteiger partial charge in [0.15, 0.2) is 0 Å². The Bertz CT molecular complexity index is 362. The average Bonchev–Trinajstić information content (AvgIpc) is 2.49. The molecule has 1 heterocycles. The molecule has 1 aromatic carbocycles. The van der Waals surface area contributed by atoms with E-state index in [1.807, 2.05) is 19.2 Å². The lowest BCUT2D eigenvalue weighted by Gasteiger charge is -2.19. The van der Waals surface area contributed by atoms with Crippen LogP contribution in [0.15, 0.2) is 24.3 Å². The van der Waals surface area contributed by atoms with Gasteiger partial charge in [0.25, 0.3) is 0 Å². The summed E-state index contributed by atoms with van der Waals surface area (Å²) in [6.45, 7) is 2.78. The first-order valence-electron chi connectivity index (χ1n) is 4.76. The number of amides is 2. The van der Waals surface area contributed by atoms with E-state index in [1.54, 1.807) is 4.90 Å². The first-order valence-corrected chi connectivity index (χ1v) is 4.76. The summed E-state index contributed by atoms with van der Waals surface area (Å²) in [5.74, 6) is 0. The molecule has 0 aliphatic carbocycles. The third-order valence-corrected chi connectivity index (χ3v) is 2.78. The fraction of sp³-hybridized carbons (Fsp3) is 0.364. The highest BCUT2D eigenvalue weighted by Crippen LogP contribution is 2.25. The van der Waals surface area contributed by atoms with Crippen molar-refractivity contribution >= 4 is 6.03 Å². The van der Waals surface area contributed by atoms with E-state index < -0.39 is 0 Å². The zero-order valence-electron chi connectivity index (χ0n) is 8.45. The molecule has 1 atom stereocenters. The Morgan fingerprint density at radius 3 is 2.71 bits per heavy atom. The molecule has 2 amide bonds. The fourth-order valence-corrected chi connectivity index (χ4v) is 1.87. The summed E-state index contributed by atoms with van der Waals surface area (Å²) in [7, 11) is 1.83. The lowest BCUT2D eigenvalue weighted by atomic mass is 10.0. The van der Waals surface area contributed by atoms with Crippen molar-refractivity contribution in [2.45, 2.75) is 13.0 Å². The number of nitrogens with zero attached hydrogens (tertiary/aromatic N) is 1. The van der Waals surface area contributed by atoms with Crippen LogP contribution in [-0.2, 0) is 0 Å². The second-order valence-corrected chi connectivity index (χ2v) is 3.67. The van der Waals surface area contributed by atoms with Gasteiger partial charge in [-0.2, -0.15) is 0 Å². The first kappa shape index (κ1) is 9.06. The Kier molecular flexibility index (Phi) is 2.15. The van der Waals surface area contributed by atoms with Crippen LogP contribution in [0, 0.1) is 6.92 Å². The minimum atomic E-state index is 0.0123. The molecule has 0 aromatic heterocycles. The summed E-state index contributed by atoms with van der Waals surface area (Å²) in [6.07, 6.45) is 0. The molecular formula is C11H14N2O. The summed E-state index contributed by atoms with van der Waals surface area (Å²) in [5, 5.41) is 2.83. The van der Waals surface area contributed by atoms with Crippen LogP contribution in [-0.4, -0.2) is 24.5 Å². The average molecular weight is 190 g/mol. The SMILES string of the molecule is Cc1ccccc1C1CNC(=O)N1C. The number of hydrogen-bond acceptors (Lipinski definition) is 1. The van der Waals surface area contributed by atoms with E-state index in [-0.39, 0.29) is 12.1 Å². The minimum Gasteiger partial charge on any atom is -0.336 e. The molecule has 1 aromatic rings. The number of carbonyl (C=O) groups is 1. The molecule has 2 rings (SSSR count). The van der Waals surface area contributed by atoms with Gasteiger partial charge in [-0.05, 0) is 18.1 Å². The normalized spacial score (nSPS) is 21.1. The van der Waals surface area contributed by atoms with Crippen LogP contribution in [0.4, 0.5) is 4.79 Å². The van der Waals surface area contributed by atoms with E-state index >= 15 is 0 Å². The van der Waals surface area contributed by atoms with Gasteiger partial charge in [0.2, 0.25) is 0 Å².